The van der Waals surface area contributed by atoms with Crippen molar-refractivity contribution in [2.24, 2.45) is 0 Å². The second kappa shape index (κ2) is 6.22. The van der Waals surface area contributed by atoms with Crippen LogP contribution in [0.4, 0.5) is 11.4 Å². The van der Waals surface area contributed by atoms with Crippen LogP contribution in [0.1, 0.15) is 29.8 Å². The summed E-state index contributed by atoms with van der Waals surface area (Å²) in [6, 6.07) is 11.0. The van der Waals surface area contributed by atoms with Crippen LogP contribution < -0.4 is 10.2 Å². The van der Waals surface area contributed by atoms with Crippen molar-refractivity contribution in [3.8, 4) is 0 Å². The minimum absolute atomic E-state index is 0.208. The van der Waals surface area contributed by atoms with Crippen LogP contribution in [0.25, 0.3) is 0 Å². The van der Waals surface area contributed by atoms with Crippen molar-refractivity contribution in [3.05, 3.63) is 47.4 Å². The minimum atomic E-state index is -0.298. The van der Waals surface area contributed by atoms with E-state index in [1.807, 2.05) is 24.3 Å². The molecular formula is C16H17ClN2O2. The predicted molar refractivity (Wildman–Crippen MR) is 84.2 cm³/mol. The highest BCUT2D eigenvalue weighted by Crippen LogP contribution is 2.22. The first-order valence-corrected chi connectivity index (χ1v) is 7.52. The van der Waals surface area contributed by atoms with E-state index in [-0.39, 0.29) is 16.9 Å². The topological polar surface area (TPSA) is 45.5 Å². The van der Waals surface area contributed by atoms with Gasteiger partial charge < -0.3 is 14.6 Å². The van der Waals surface area contributed by atoms with Gasteiger partial charge in [0.15, 0.2) is 11.0 Å². The quantitative estimate of drug-likeness (QED) is 0.925. The van der Waals surface area contributed by atoms with E-state index < -0.39 is 0 Å². The number of nitrogens with zero attached hydrogens (tertiary/aromatic N) is 1. The van der Waals surface area contributed by atoms with E-state index in [9.17, 15) is 4.79 Å². The molecule has 0 unspecified atom stereocenters. The molecule has 1 aromatic heterocycles. The second-order valence-corrected chi connectivity index (χ2v) is 5.52. The highest BCUT2D eigenvalue weighted by atomic mass is 35.5. The largest absolute Gasteiger partial charge is 0.440 e. The van der Waals surface area contributed by atoms with Gasteiger partial charge in [0.2, 0.25) is 0 Å². The highest BCUT2D eigenvalue weighted by molar-refractivity contribution is 6.29. The number of amides is 1. The predicted octanol–water partition coefficient (Wildman–Crippen LogP) is 4.18. The van der Waals surface area contributed by atoms with Gasteiger partial charge in [-0.25, -0.2) is 0 Å². The number of rotatable bonds is 3. The van der Waals surface area contributed by atoms with Gasteiger partial charge in [0, 0.05) is 24.5 Å². The lowest BCUT2D eigenvalue weighted by molar-refractivity contribution is 0.0997. The Morgan fingerprint density at radius 2 is 1.76 bits per heavy atom. The Labute approximate surface area is 128 Å². The highest BCUT2D eigenvalue weighted by Gasteiger charge is 2.12. The summed E-state index contributed by atoms with van der Waals surface area (Å²) in [4.78, 5) is 14.3. The fraction of sp³-hybridized carbons (Fsp3) is 0.312. The van der Waals surface area contributed by atoms with Crippen LogP contribution >= 0.6 is 11.6 Å². The molecule has 3 rings (SSSR count). The number of benzene rings is 1. The fourth-order valence-corrected chi connectivity index (χ4v) is 2.68. The Morgan fingerprint density at radius 1 is 1.05 bits per heavy atom. The third-order valence-corrected chi connectivity index (χ3v) is 3.85. The molecule has 0 bridgehead atoms. The third-order valence-electron chi connectivity index (χ3n) is 3.64. The maximum atomic E-state index is 11.9. The van der Waals surface area contributed by atoms with E-state index in [1.54, 1.807) is 12.1 Å². The molecule has 2 aromatic rings. The van der Waals surface area contributed by atoms with E-state index in [2.05, 4.69) is 10.2 Å². The smallest absolute Gasteiger partial charge is 0.291 e. The number of furan rings is 1. The Kier molecular flexibility index (Phi) is 4.15. The molecule has 1 aromatic carbocycles. The standard InChI is InChI=1S/C16H17ClN2O2/c17-15-9-8-14(21-15)16(20)18-12-4-6-13(7-5-12)19-10-2-1-3-11-19/h4-9H,1-3,10-11H2,(H,18,20). The number of carbonyl (C=O) groups is 1. The van der Waals surface area contributed by atoms with Crippen molar-refractivity contribution in [1.82, 2.24) is 0 Å². The van der Waals surface area contributed by atoms with Gasteiger partial charge in [0.05, 0.1) is 0 Å². The number of halogens is 1. The number of carbonyl (C=O) groups excluding carboxylic acids is 1. The zero-order valence-corrected chi connectivity index (χ0v) is 12.4. The van der Waals surface area contributed by atoms with Gasteiger partial charge in [-0.1, -0.05) is 0 Å². The Hall–Kier alpha value is -1.94. The molecule has 110 valence electrons. The van der Waals surface area contributed by atoms with Crippen molar-refractivity contribution in [3.63, 3.8) is 0 Å². The fourth-order valence-electron chi connectivity index (χ4n) is 2.54. The minimum Gasteiger partial charge on any atom is -0.440 e. The number of hydrogen-bond acceptors (Lipinski definition) is 3. The van der Waals surface area contributed by atoms with E-state index >= 15 is 0 Å². The Balaban J connectivity index is 1.65. The molecule has 1 aliphatic rings. The van der Waals surface area contributed by atoms with Gasteiger partial charge in [-0.3, -0.25) is 4.79 Å². The first-order chi connectivity index (χ1) is 10.2. The molecule has 0 spiro atoms. The Morgan fingerprint density at radius 3 is 2.38 bits per heavy atom. The molecule has 1 aliphatic heterocycles. The van der Waals surface area contributed by atoms with Crippen molar-refractivity contribution in [1.29, 1.82) is 0 Å². The summed E-state index contributed by atoms with van der Waals surface area (Å²) in [5.41, 5.74) is 1.95. The molecule has 2 heterocycles. The molecule has 0 atom stereocenters. The average molecular weight is 305 g/mol. The summed E-state index contributed by atoms with van der Waals surface area (Å²) in [5.74, 6) is -0.0901. The zero-order chi connectivity index (χ0) is 14.7. The second-order valence-electron chi connectivity index (χ2n) is 5.15. The molecular weight excluding hydrogens is 288 g/mol. The maximum Gasteiger partial charge on any atom is 0.291 e. The Bertz CT molecular complexity index is 615. The first kappa shape index (κ1) is 14.0. The van der Waals surface area contributed by atoms with Crippen LogP contribution in [0.3, 0.4) is 0 Å². The monoisotopic (exact) mass is 304 g/mol. The molecule has 0 aliphatic carbocycles. The summed E-state index contributed by atoms with van der Waals surface area (Å²) in [7, 11) is 0. The molecule has 21 heavy (non-hydrogen) atoms. The summed E-state index contributed by atoms with van der Waals surface area (Å²) in [6.07, 6.45) is 3.81. The van der Waals surface area contributed by atoms with Gasteiger partial charge in [-0.15, -0.1) is 0 Å². The van der Waals surface area contributed by atoms with Crippen LogP contribution in [-0.4, -0.2) is 19.0 Å². The lowest BCUT2D eigenvalue weighted by Crippen LogP contribution is -2.29. The SMILES string of the molecule is O=C(Nc1ccc(N2CCCCC2)cc1)c1ccc(Cl)o1. The van der Waals surface area contributed by atoms with Gasteiger partial charge in [-0.05, 0) is 67.3 Å². The van der Waals surface area contributed by atoms with E-state index in [1.165, 1.54) is 24.9 Å². The zero-order valence-electron chi connectivity index (χ0n) is 11.6. The van der Waals surface area contributed by atoms with Gasteiger partial charge in [0.1, 0.15) is 0 Å². The normalized spacial score (nSPS) is 15.0. The molecule has 4 nitrogen and oxygen atoms in total. The molecule has 0 saturated carbocycles. The van der Waals surface area contributed by atoms with Crippen LogP contribution in [0.15, 0.2) is 40.8 Å². The van der Waals surface area contributed by atoms with Crippen molar-refractivity contribution >= 4 is 28.9 Å². The molecule has 1 fully saturated rings. The molecule has 1 N–H and O–H groups in total. The number of nitrogens with one attached hydrogen (secondary N) is 1. The first-order valence-electron chi connectivity index (χ1n) is 7.14. The molecule has 0 radical (unpaired) electrons. The molecule has 5 heteroatoms. The molecule has 1 amide bonds. The summed E-state index contributed by atoms with van der Waals surface area (Å²) >= 11 is 5.66. The van der Waals surface area contributed by atoms with Crippen LogP contribution in [0, 0.1) is 0 Å². The van der Waals surface area contributed by atoms with Crippen LogP contribution in [-0.2, 0) is 0 Å². The lowest BCUT2D eigenvalue weighted by atomic mass is 10.1. The van der Waals surface area contributed by atoms with Crippen LogP contribution in [0.5, 0.6) is 0 Å². The van der Waals surface area contributed by atoms with Gasteiger partial charge in [-0.2, -0.15) is 0 Å². The average Bonchev–Trinajstić information content (AvgIpc) is 2.96. The van der Waals surface area contributed by atoms with Crippen molar-refractivity contribution < 1.29 is 9.21 Å². The maximum absolute atomic E-state index is 11.9. The van der Waals surface area contributed by atoms with E-state index in [4.69, 9.17) is 16.0 Å². The van der Waals surface area contributed by atoms with Gasteiger partial charge in [0.25, 0.3) is 5.91 Å². The van der Waals surface area contributed by atoms with E-state index in [0.29, 0.717) is 0 Å². The lowest BCUT2D eigenvalue weighted by Gasteiger charge is -2.28. The van der Waals surface area contributed by atoms with Crippen molar-refractivity contribution in [2.75, 3.05) is 23.3 Å². The molecule has 1 saturated heterocycles. The van der Waals surface area contributed by atoms with Gasteiger partial charge >= 0.3 is 0 Å². The van der Waals surface area contributed by atoms with Crippen LogP contribution in [0.2, 0.25) is 5.22 Å². The third kappa shape index (κ3) is 3.39. The summed E-state index contributed by atoms with van der Waals surface area (Å²) in [6.45, 7) is 2.22. The number of hydrogen-bond donors (Lipinski definition) is 1. The number of anilines is 2. The van der Waals surface area contributed by atoms with Crippen molar-refractivity contribution in [2.45, 2.75) is 19.3 Å². The number of piperidine rings is 1. The summed E-state index contributed by atoms with van der Waals surface area (Å²) < 4.78 is 5.08. The van der Waals surface area contributed by atoms with E-state index in [0.717, 1.165) is 18.8 Å². The summed E-state index contributed by atoms with van der Waals surface area (Å²) in [5, 5.41) is 3.00.